The summed E-state index contributed by atoms with van der Waals surface area (Å²) in [4.78, 5) is 12.1. The van der Waals surface area contributed by atoms with Crippen molar-refractivity contribution in [3.8, 4) is 0 Å². The third-order valence-electron chi connectivity index (χ3n) is 3.77. The summed E-state index contributed by atoms with van der Waals surface area (Å²) < 4.78 is 0. The second-order valence-electron chi connectivity index (χ2n) is 7.02. The first-order valence-corrected chi connectivity index (χ1v) is 8.06. The van der Waals surface area contributed by atoms with Crippen LogP contribution in [0.15, 0.2) is 54.6 Å². The molecule has 0 aliphatic rings. The van der Waals surface area contributed by atoms with E-state index in [2.05, 4.69) is 55.7 Å². The van der Waals surface area contributed by atoms with Crippen LogP contribution in [0.3, 0.4) is 0 Å². The average molecular weight is 310 g/mol. The van der Waals surface area contributed by atoms with Crippen molar-refractivity contribution in [1.29, 1.82) is 0 Å². The maximum Gasteiger partial charge on any atom is 0.319 e. The van der Waals surface area contributed by atoms with Gasteiger partial charge in [-0.2, -0.15) is 0 Å². The molecule has 0 aromatic heterocycles. The number of anilines is 1. The molecule has 0 saturated carbocycles. The number of nitrogens with one attached hydrogen (secondary N) is 2. The van der Waals surface area contributed by atoms with Crippen LogP contribution in [0.2, 0.25) is 0 Å². The highest BCUT2D eigenvalue weighted by atomic mass is 16.2. The fourth-order valence-electron chi connectivity index (χ4n) is 2.46. The SMILES string of the molecule is C[C@H](Cc1ccccc1)NC(=O)Nc1ccc(C(C)(C)C)cc1. The Morgan fingerprint density at radius 1 is 1.00 bits per heavy atom. The van der Waals surface area contributed by atoms with Gasteiger partial charge in [0.05, 0.1) is 0 Å². The molecule has 3 heteroatoms. The van der Waals surface area contributed by atoms with Crippen LogP contribution >= 0.6 is 0 Å². The number of amides is 2. The minimum atomic E-state index is -0.170. The standard InChI is InChI=1S/C20H26N2O/c1-15(14-16-8-6-5-7-9-16)21-19(23)22-18-12-10-17(11-13-18)20(2,3)4/h5-13,15H,14H2,1-4H3,(H2,21,22,23)/t15-/m1/s1. The van der Waals surface area contributed by atoms with Crippen LogP contribution in [-0.2, 0) is 11.8 Å². The van der Waals surface area contributed by atoms with E-state index in [9.17, 15) is 4.79 Å². The largest absolute Gasteiger partial charge is 0.335 e. The Labute approximate surface area is 139 Å². The second-order valence-corrected chi connectivity index (χ2v) is 7.02. The van der Waals surface area contributed by atoms with Gasteiger partial charge in [0.15, 0.2) is 0 Å². The molecule has 2 aromatic rings. The lowest BCUT2D eigenvalue weighted by atomic mass is 9.87. The number of hydrogen-bond acceptors (Lipinski definition) is 1. The van der Waals surface area contributed by atoms with Gasteiger partial charge in [0.1, 0.15) is 0 Å². The van der Waals surface area contributed by atoms with E-state index in [0.29, 0.717) is 0 Å². The summed E-state index contributed by atoms with van der Waals surface area (Å²) in [6, 6.07) is 18.1. The normalized spacial score (nSPS) is 12.5. The Morgan fingerprint density at radius 2 is 1.61 bits per heavy atom. The molecule has 122 valence electrons. The van der Waals surface area contributed by atoms with Crippen LogP contribution in [0, 0.1) is 0 Å². The number of benzene rings is 2. The summed E-state index contributed by atoms with van der Waals surface area (Å²) in [7, 11) is 0. The highest BCUT2D eigenvalue weighted by Gasteiger charge is 2.13. The first kappa shape index (κ1) is 17.1. The van der Waals surface area contributed by atoms with Gasteiger partial charge in [-0.05, 0) is 42.0 Å². The second kappa shape index (κ2) is 7.32. The maximum absolute atomic E-state index is 12.1. The third-order valence-corrected chi connectivity index (χ3v) is 3.77. The van der Waals surface area contributed by atoms with Crippen molar-refractivity contribution in [3.05, 3.63) is 65.7 Å². The van der Waals surface area contributed by atoms with Gasteiger partial charge < -0.3 is 10.6 Å². The molecule has 0 fully saturated rings. The monoisotopic (exact) mass is 310 g/mol. The van der Waals surface area contributed by atoms with E-state index in [-0.39, 0.29) is 17.5 Å². The molecule has 1 atom stereocenters. The van der Waals surface area contributed by atoms with E-state index in [0.717, 1.165) is 12.1 Å². The average Bonchev–Trinajstić information content (AvgIpc) is 2.47. The number of hydrogen-bond donors (Lipinski definition) is 2. The minimum Gasteiger partial charge on any atom is -0.335 e. The van der Waals surface area contributed by atoms with Gasteiger partial charge in [0.2, 0.25) is 0 Å². The topological polar surface area (TPSA) is 41.1 Å². The quantitative estimate of drug-likeness (QED) is 0.841. The Kier molecular flexibility index (Phi) is 5.43. The van der Waals surface area contributed by atoms with Crippen LogP contribution in [0.5, 0.6) is 0 Å². The first-order valence-electron chi connectivity index (χ1n) is 8.06. The van der Waals surface area contributed by atoms with Crippen LogP contribution in [0.25, 0.3) is 0 Å². The predicted molar refractivity (Wildman–Crippen MR) is 96.9 cm³/mol. The van der Waals surface area contributed by atoms with Crippen LogP contribution in [-0.4, -0.2) is 12.1 Å². The molecule has 0 radical (unpaired) electrons. The zero-order chi connectivity index (χ0) is 16.9. The van der Waals surface area contributed by atoms with E-state index in [1.807, 2.05) is 37.3 Å². The van der Waals surface area contributed by atoms with Crippen molar-refractivity contribution in [2.45, 2.75) is 45.6 Å². The molecule has 0 spiro atoms. The van der Waals surface area contributed by atoms with E-state index >= 15 is 0 Å². The van der Waals surface area contributed by atoms with Gasteiger partial charge in [0.25, 0.3) is 0 Å². The number of rotatable bonds is 4. The molecule has 0 unspecified atom stereocenters. The molecule has 0 aliphatic heterocycles. The molecule has 0 aliphatic carbocycles. The van der Waals surface area contributed by atoms with Crippen molar-refractivity contribution in [1.82, 2.24) is 5.32 Å². The van der Waals surface area contributed by atoms with Crippen LogP contribution < -0.4 is 10.6 Å². The van der Waals surface area contributed by atoms with Crippen molar-refractivity contribution in [3.63, 3.8) is 0 Å². The Bertz CT molecular complexity index is 627. The van der Waals surface area contributed by atoms with Crippen molar-refractivity contribution in [2.24, 2.45) is 0 Å². The predicted octanol–water partition coefficient (Wildman–Crippen LogP) is 4.74. The molecule has 0 saturated heterocycles. The fraction of sp³-hybridized carbons (Fsp3) is 0.350. The zero-order valence-electron chi connectivity index (χ0n) is 14.4. The van der Waals surface area contributed by atoms with Gasteiger partial charge in [-0.15, -0.1) is 0 Å². The lowest BCUT2D eigenvalue weighted by Gasteiger charge is -2.19. The number of urea groups is 1. The van der Waals surface area contributed by atoms with Crippen molar-refractivity contribution in [2.75, 3.05) is 5.32 Å². The van der Waals surface area contributed by atoms with Gasteiger partial charge in [-0.3, -0.25) is 0 Å². The summed E-state index contributed by atoms with van der Waals surface area (Å²) in [6.45, 7) is 8.53. The highest BCUT2D eigenvalue weighted by molar-refractivity contribution is 5.89. The zero-order valence-corrected chi connectivity index (χ0v) is 14.4. The molecular formula is C20H26N2O. The van der Waals surface area contributed by atoms with Gasteiger partial charge in [-0.1, -0.05) is 63.2 Å². The summed E-state index contributed by atoms with van der Waals surface area (Å²) >= 11 is 0. The summed E-state index contributed by atoms with van der Waals surface area (Å²) in [6.07, 6.45) is 0.817. The summed E-state index contributed by atoms with van der Waals surface area (Å²) in [5.74, 6) is 0. The smallest absolute Gasteiger partial charge is 0.319 e. The number of carbonyl (C=O) groups excluding carboxylic acids is 1. The van der Waals surface area contributed by atoms with Crippen LogP contribution in [0.1, 0.15) is 38.8 Å². The van der Waals surface area contributed by atoms with E-state index in [1.165, 1.54) is 11.1 Å². The highest BCUT2D eigenvalue weighted by Crippen LogP contribution is 2.23. The summed E-state index contributed by atoms with van der Waals surface area (Å²) in [5, 5.41) is 5.86. The molecule has 0 heterocycles. The number of carbonyl (C=O) groups is 1. The van der Waals surface area contributed by atoms with E-state index in [1.54, 1.807) is 0 Å². The molecule has 0 bridgehead atoms. The first-order chi connectivity index (χ1) is 10.8. The maximum atomic E-state index is 12.1. The van der Waals surface area contributed by atoms with Gasteiger partial charge in [-0.25, -0.2) is 4.79 Å². The molecule has 3 nitrogen and oxygen atoms in total. The molecule has 2 amide bonds. The molecule has 2 N–H and O–H groups in total. The molecule has 23 heavy (non-hydrogen) atoms. The lowest BCUT2D eigenvalue weighted by molar-refractivity contribution is 0.249. The summed E-state index contributed by atoms with van der Waals surface area (Å²) in [5.41, 5.74) is 3.39. The molecular weight excluding hydrogens is 284 g/mol. The third kappa shape index (κ3) is 5.44. The van der Waals surface area contributed by atoms with Gasteiger partial charge >= 0.3 is 6.03 Å². The lowest BCUT2D eigenvalue weighted by Crippen LogP contribution is -2.37. The Balaban J connectivity index is 1.87. The fourth-order valence-corrected chi connectivity index (χ4v) is 2.46. The van der Waals surface area contributed by atoms with Gasteiger partial charge in [0, 0.05) is 11.7 Å². The van der Waals surface area contributed by atoms with E-state index in [4.69, 9.17) is 0 Å². The molecule has 2 rings (SSSR count). The Hall–Kier alpha value is -2.29. The van der Waals surface area contributed by atoms with Crippen molar-refractivity contribution >= 4 is 11.7 Å². The van der Waals surface area contributed by atoms with Crippen molar-refractivity contribution < 1.29 is 4.79 Å². The van der Waals surface area contributed by atoms with E-state index < -0.39 is 0 Å². The minimum absolute atomic E-state index is 0.0752. The van der Waals surface area contributed by atoms with Crippen LogP contribution in [0.4, 0.5) is 10.5 Å². The molecule has 2 aromatic carbocycles. The Morgan fingerprint density at radius 3 is 2.17 bits per heavy atom.